The average molecular weight is 330 g/mol. The SMILES string of the molecule is CC1CCN(C(=O)c2cccc(-c3cccc4ccccc34)n2)CC1. The number of amides is 1. The molecule has 1 fully saturated rings. The number of piperidine rings is 1. The van der Waals surface area contributed by atoms with Gasteiger partial charge in [0.1, 0.15) is 5.69 Å². The fourth-order valence-corrected chi connectivity index (χ4v) is 3.53. The molecule has 126 valence electrons. The predicted molar refractivity (Wildman–Crippen MR) is 101 cm³/mol. The monoisotopic (exact) mass is 330 g/mol. The molecule has 0 atom stereocenters. The van der Waals surface area contributed by atoms with E-state index in [0.717, 1.165) is 42.6 Å². The van der Waals surface area contributed by atoms with Gasteiger partial charge in [0.15, 0.2) is 0 Å². The number of likely N-dealkylation sites (tertiary alicyclic amines) is 1. The summed E-state index contributed by atoms with van der Waals surface area (Å²) in [5.74, 6) is 0.757. The topological polar surface area (TPSA) is 33.2 Å². The van der Waals surface area contributed by atoms with Crippen molar-refractivity contribution in [2.75, 3.05) is 13.1 Å². The molecule has 0 bridgehead atoms. The van der Waals surface area contributed by atoms with Gasteiger partial charge in [0.2, 0.25) is 0 Å². The molecule has 25 heavy (non-hydrogen) atoms. The highest BCUT2D eigenvalue weighted by Crippen LogP contribution is 2.27. The molecule has 1 aliphatic heterocycles. The molecular formula is C22H22N2O. The largest absolute Gasteiger partial charge is 0.337 e. The first-order chi connectivity index (χ1) is 12.2. The number of carbonyl (C=O) groups excluding carboxylic acids is 1. The molecule has 4 rings (SSSR count). The van der Waals surface area contributed by atoms with Gasteiger partial charge in [-0.2, -0.15) is 0 Å². The van der Waals surface area contributed by atoms with Crippen LogP contribution in [0.15, 0.2) is 60.7 Å². The fourth-order valence-electron chi connectivity index (χ4n) is 3.53. The van der Waals surface area contributed by atoms with Gasteiger partial charge in [0.25, 0.3) is 5.91 Å². The second-order valence-corrected chi connectivity index (χ2v) is 6.91. The van der Waals surface area contributed by atoms with E-state index in [-0.39, 0.29) is 5.91 Å². The summed E-state index contributed by atoms with van der Waals surface area (Å²) in [5.41, 5.74) is 2.47. The van der Waals surface area contributed by atoms with Crippen LogP contribution in [0.3, 0.4) is 0 Å². The van der Waals surface area contributed by atoms with E-state index in [0.29, 0.717) is 11.6 Å². The van der Waals surface area contributed by atoms with Crippen LogP contribution >= 0.6 is 0 Å². The van der Waals surface area contributed by atoms with Crippen molar-refractivity contribution in [3.8, 4) is 11.3 Å². The van der Waals surface area contributed by atoms with Gasteiger partial charge in [0.05, 0.1) is 5.69 Å². The van der Waals surface area contributed by atoms with E-state index in [2.05, 4.69) is 31.2 Å². The van der Waals surface area contributed by atoms with Crippen LogP contribution in [0.4, 0.5) is 0 Å². The standard InChI is InChI=1S/C22H22N2O/c1-16-12-14-24(15-13-16)22(25)21-11-5-10-20(23-21)19-9-4-7-17-6-2-3-8-18(17)19/h2-11,16H,12-15H2,1H3. The molecule has 1 aliphatic rings. The van der Waals surface area contributed by atoms with Crippen LogP contribution in [0.5, 0.6) is 0 Å². The van der Waals surface area contributed by atoms with Gasteiger partial charge in [-0.1, -0.05) is 55.5 Å². The van der Waals surface area contributed by atoms with Gasteiger partial charge in [-0.05, 0) is 41.7 Å². The second kappa shape index (κ2) is 6.67. The van der Waals surface area contributed by atoms with Crippen LogP contribution < -0.4 is 0 Å². The Morgan fingerprint density at radius 2 is 1.68 bits per heavy atom. The molecule has 3 heteroatoms. The maximum atomic E-state index is 12.8. The minimum atomic E-state index is 0.0500. The number of fused-ring (bicyclic) bond motifs is 1. The van der Waals surface area contributed by atoms with Crippen molar-refractivity contribution in [3.63, 3.8) is 0 Å². The van der Waals surface area contributed by atoms with Crippen molar-refractivity contribution < 1.29 is 4.79 Å². The average Bonchev–Trinajstić information content (AvgIpc) is 2.68. The number of carbonyl (C=O) groups is 1. The molecule has 0 saturated carbocycles. The van der Waals surface area contributed by atoms with Gasteiger partial charge in [0, 0.05) is 18.7 Å². The quantitative estimate of drug-likeness (QED) is 0.678. The number of aromatic nitrogens is 1. The number of hydrogen-bond donors (Lipinski definition) is 0. The molecule has 0 N–H and O–H groups in total. The Hall–Kier alpha value is -2.68. The lowest BCUT2D eigenvalue weighted by molar-refractivity contribution is 0.0691. The van der Waals surface area contributed by atoms with Crippen molar-refractivity contribution >= 4 is 16.7 Å². The Morgan fingerprint density at radius 1 is 0.960 bits per heavy atom. The third-order valence-electron chi connectivity index (χ3n) is 5.10. The fraction of sp³-hybridized carbons (Fsp3) is 0.273. The van der Waals surface area contributed by atoms with E-state index in [1.807, 2.05) is 41.3 Å². The number of rotatable bonds is 2. The lowest BCUT2D eigenvalue weighted by Crippen LogP contribution is -2.38. The summed E-state index contributed by atoms with van der Waals surface area (Å²) in [6.07, 6.45) is 2.16. The van der Waals surface area contributed by atoms with E-state index >= 15 is 0 Å². The van der Waals surface area contributed by atoms with E-state index in [1.54, 1.807) is 0 Å². The van der Waals surface area contributed by atoms with E-state index in [9.17, 15) is 4.79 Å². The second-order valence-electron chi connectivity index (χ2n) is 6.91. The highest BCUT2D eigenvalue weighted by Gasteiger charge is 2.22. The molecular weight excluding hydrogens is 308 g/mol. The lowest BCUT2D eigenvalue weighted by Gasteiger charge is -2.30. The molecule has 1 saturated heterocycles. The summed E-state index contributed by atoms with van der Waals surface area (Å²) in [6, 6.07) is 20.2. The van der Waals surface area contributed by atoms with Crippen LogP contribution in [0.2, 0.25) is 0 Å². The third kappa shape index (κ3) is 3.14. The van der Waals surface area contributed by atoms with Crippen LogP contribution in [0, 0.1) is 5.92 Å². The molecule has 3 aromatic rings. The normalized spacial score (nSPS) is 15.5. The number of pyridine rings is 1. The highest BCUT2D eigenvalue weighted by atomic mass is 16.2. The Labute approximate surface area is 148 Å². The first-order valence-electron chi connectivity index (χ1n) is 8.97. The molecule has 1 amide bonds. The lowest BCUT2D eigenvalue weighted by atomic mass is 9.99. The predicted octanol–water partition coefficient (Wildman–Crippen LogP) is 4.77. The molecule has 1 aromatic heterocycles. The van der Waals surface area contributed by atoms with Crippen LogP contribution in [-0.2, 0) is 0 Å². The third-order valence-corrected chi connectivity index (χ3v) is 5.10. The smallest absolute Gasteiger partial charge is 0.272 e. The van der Waals surface area contributed by atoms with Crippen molar-refractivity contribution in [3.05, 3.63) is 66.4 Å². The minimum absolute atomic E-state index is 0.0500. The maximum Gasteiger partial charge on any atom is 0.272 e. The van der Waals surface area contributed by atoms with E-state index in [4.69, 9.17) is 4.98 Å². The minimum Gasteiger partial charge on any atom is -0.337 e. The van der Waals surface area contributed by atoms with Gasteiger partial charge in [-0.25, -0.2) is 4.98 Å². The van der Waals surface area contributed by atoms with E-state index in [1.165, 1.54) is 5.39 Å². The van der Waals surface area contributed by atoms with Crippen LogP contribution in [0.1, 0.15) is 30.3 Å². The van der Waals surface area contributed by atoms with Gasteiger partial charge in [-0.15, -0.1) is 0 Å². The summed E-state index contributed by atoms with van der Waals surface area (Å²) in [6.45, 7) is 3.92. The van der Waals surface area contributed by atoms with Crippen molar-refractivity contribution in [1.82, 2.24) is 9.88 Å². The van der Waals surface area contributed by atoms with Gasteiger partial charge in [-0.3, -0.25) is 4.79 Å². The van der Waals surface area contributed by atoms with E-state index < -0.39 is 0 Å². The molecule has 3 nitrogen and oxygen atoms in total. The molecule has 0 aliphatic carbocycles. The number of benzene rings is 2. The number of nitrogens with zero attached hydrogens (tertiary/aromatic N) is 2. The van der Waals surface area contributed by atoms with Crippen molar-refractivity contribution in [2.24, 2.45) is 5.92 Å². The maximum absolute atomic E-state index is 12.8. The molecule has 2 heterocycles. The Balaban J connectivity index is 1.68. The summed E-state index contributed by atoms with van der Waals surface area (Å²) >= 11 is 0. The zero-order valence-electron chi connectivity index (χ0n) is 14.5. The van der Waals surface area contributed by atoms with Gasteiger partial charge < -0.3 is 4.90 Å². The first kappa shape index (κ1) is 15.8. The number of hydrogen-bond acceptors (Lipinski definition) is 2. The molecule has 0 unspecified atom stereocenters. The summed E-state index contributed by atoms with van der Waals surface area (Å²) < 4.78 is 0. The van der Waals surface area contributed by atoms with Crippen molar-refractivity contribution in [1.29, 1.82) is 0 Å². The molecule has 0 spiro atoms. The first-order valence-corrected chi connectivity index (χ1v) is 8.97. The zero-order chi connectivity index (χ0) is 17.2. The molecule has 0 radical (unpaired) electrons. The van der Waals surface area contributed by atoms with Crippen molar-refractivity contribution in [2.45, 2.75) is 19.8 Å². The Bertz CT molecular complexity index is 905. The van der Waals surface area contributed by atoms with Crippen LogP contribution in [0.25, 0.3) is 22.0 Å². The Kier molecular flexibility index (Phi) is 4.22. The highest BCUT2D eigenvalue weighted by molar-refractivity contribution is 5.97. The van der Waals surface area contributed by atoms with Crippen LogP contribution in [-0.4, -0.2) is 28.9 Å². The summed E-state index contributed by atoms with van der Waals surface area (Å²) in [5, 5.41) is 2.34. The Morgan fingerprint density at radius 3 is 2.52 bits per heavy atom. The summed E-state index contributed by atoms with van der Waals surface area (Å²) in [7, 11) is 0. The van der Waals surface area contributed by atoms with Gasteiger partial charge >= 0.3 is 0 Å². The summed E-state index contributed by atoms with van der Waals surface area (Å²) in [4.78, 5) is 19.5. The zero-order valence-corrected chi connectivity index (χ0v) is 14.5. The molecule has 2 aromatic carbocycles.